The maximum atomic E-state index is 12.2. The molecule has 0 spiro atoms. The summed E-state index contributed by atoms with van der Waals surface area (Å²) in [7, 11) is 1.63. The first-order valence-corrected chi connectivity index (χ1v) is 7.12. The topological polar surface area (TPSA) is 50.3 Å². The van der Waals surface area contributed by atoms with Gasteiger partial charge in [0, 0.05) is 25.2 Å². The van der Waals surface area contributed by atoms with E-state index in [1.54, 1.807) is 7.11 Å². The second-order valence-electron chi connectivity index (χ2n) is 5.71. The van der Waals surface area contributed by atoms with E-state index in [1.165, 1.54) is 0 Å². The van der Waals surface area contributed by atoms with Crippen LogP contribution in [0.5, 0.6) is 5.75 Å². The number of benzene rings is 1. The molecule has 0 radical (unpaired) electrons. The average Bonchev–Trinajstić information content (AvgIpc) is 3.00. The van der Waals surface area contributed by atoms with Crippen molar-refractivity contribution in [3.63, 3.8) is 0 Å². The van der Waals surface area contributed by atoms with Gasteiger partial charge in [-0.05, 0) is 32.4 Å². The quantitative estimate of drug-likeness (QED) is 0.932. The summed E-state index contributed by atoms with van der Waals surface area (Å²) in [5.41, 5.74) is 1.78. The van der Waals surface area contributed by atoms with Crippen LogP contribution in [-0.4, -0.2) is 40.7 Å². The van der Waals surface area contributed by atoms with Crippen molar-refractivity contribution >= 4 is 11.0 Å². The van der Waals surface area contributed by atoms with Gasteiger partial charge in [-0.3, -0.25) is 9.47 Å². The summed E-state index contributed by atoms with van der Waals surface area (Å²) in [5.74, 6) is 0.765. The Morgan fingerprint density at radius 2 is 2.20 bits per heavy atom. The van der Waals surface area contributed by atoms with Crippen LogP contribution in [0.1, 0.15) is 26.3 Å². The number of nitrogens with one attached hydrogen (secondary N) is 1. The molecule has 1 saturated heterocycles. The van der Waals surface area contributed by atoms with Crippen molar-refractivity contribution in [1.29, 1.82) is 0 Å². The smallest absolute Gasteiger partial charge is 0.326 e. The molecule has 1 aliphatic rings. The van der Waals surface area contributed by atoms with E-state index in [4.69, 9.17) is 4.74 Å². The van der Waals surface area contributed by atoms with Crippen LogP contribution in [0, 0.1) is 0 Å². The maximum Gasteiger partial charge on any atom is 0.326 e. The summed E-state index contributed by atoms with van der Waals surface area (Å²) in [6.07, 6.45) is 1.02. The van der Waals surface area contributed by atoms with Crippen LogP contribution >= 0.6 is 0 Å². The number of aromatic nitrogens is 2. The highest BCUT2D eigenvalue weighted by atomic mass is 16.5. The molecule has 1 aliphatic heterocycles. The third-order valence-corrected chi connectivity index (χ3v) is 4.21. The van der Waals surface area contributed by atoms with Crippen molar-refractivity contribution in [2.75, 3.05) is 20.2 Å². The van der Waals surface area contributed by atoms with Crippen LogP contribution in [0.4, 0.5) is 0 Å². The molecule has 1 fully saturated rings. The van der Waals surface area contributed by atoms with E-state index < -0.39 is 0 Å². The normalized spacial score (nSPS) is 20.1. The summed E-state index contributed by atoms with van der Waals surface area (Å²) in [6, 6.07) is 6.53. The molecule has 0 aliphatic carbocycles. The van der Waals surface area contributed by atoms with Crippen molar-refractivity contribution in [3.05, 3.63) is 28.7 Å². The van der Waals surface area contributed by atoms with Gasteiger partial charge >= 0.3 is 5.69 Å². The van der Waals surface area contributed by atoms with Crippen molar-refractivity contribution in [2.45, 2.75) is 32.4 Å². The van der Waals surface area contributed by atoms with E-state index in [-0.39, 0.29) is 11.7 Å². The van der Waals surface area contributed by atoms with Crippen LogP contribution in [0.25, 0.3) is 11.0 Å². The SMILES string of the molecule is COc1ccc2c(c1)[nH]c(=O)n2C1CCN(C(C)C)C1. The fraction of sp³-hybridized carbons (Fsp3) is 0.533. The molecule has 5 heteroatoms. The average molecular weight is 275 g/mol. The summed E-state index contributed by atoms with van der Waals surface area (Å²) in [5, 5.41) is 0. The van der Waals surface area contributed by atoms with Crippen molar-refractivity contribution in [2.24, 2.45) is 0 Å². The van der Waals surface area contributed by atoms with Gasteiger partial charge in [0.25, 0.3) is 0 Å². The standard InChI is InChI=1S/C15H21N3O2/c1-10(2)17-7-6-11(9-17)18-14-5-4-12(20-3)8-13(14)16-15(18)19/h4-5,8,10-11H,6-7,9H2,1-3H3,(H,16,19). The van der Waals surface area contributed by atoms with Crippen LogP contribution < -0.4 is 10.4 Å². The molecule has 108 valence electrons. The molecular weight excluding hydrogens is 254 g/mol. The fourth-order valence-electron chi connectivity index (χ4n) is 3.05. The van der Waals surface area contributed by atoms with Gasteiger partial charge in [-0.2, -0.15) is 0 Å². The van der Waals surface area contributed by atoms with Gasteiger partial charge in [0.2, 0.25) is 0 Å². The molecule has 0 saturated carbocycles. The Hall–Kier alpha value is -1.75. The number of rotatable bonds is 3. The first-order valence-electron chi connectivity index (χ1n) is 7.12. The highest BCUT2D eigenvalue weighted by Gasteiger charge is 2.27. The Kier molecular flexibility index (Phi) is 3.30. The lowest BCUT2D eigenvalue weighted by molar-refractivity contribution is 0.265. The third kappa shape index (κ3) is 2.12. The number of methoxy groups -OCH3 is 1. The van der Waals surface area contributed by atoms with Gasteiger partial charge < -0.3 is 9.72 Å². The molecule has 1 atom stereocenters. The van der Waals surface area contributed by atoms with E-state index >= 15 is 0 Å². The molecule has 0 amide bonds. The zero-order valence-corrected chi connectivity index (χ0v) is 12.2. The van der Waals surface area contributed by atoms with E-state index in [1.807, 2.05) is 22.8 Å². The largest absolute Gasteiger partial charge is 0.497 e. The van der Waals surface area contributed by atoms with E-state index in [0.29, 0.717) is 6.04 Å². The Morgan fingerprint density at radius 1 is 1.40 bits per heavy atom. The van der Waals surface area contributed by atoms with Gasteiger partial charge in [-0.15, -0.1) is 0 Å². The molecule has 1 aromatic carbocycles. The summed E-state index contributed by atoms with van der Waals surface area (Å²) >= 11 is 0. The number of likely N-dealkylation sites (tertiary alicyclic amines) is 1. The van der Waals surface area contributed by atoms with Gasteiger partial charge in [0.1, 0.15) is 5.75 Å². The Balaban J connectivity index is 2.00. The van der Waals surface area contributed by atoms with Crippen LogP contribution in [-0.2, 0) is 0 Å². The Bertz CT molecular complexity index is 671. The van der Waals surface area contributed by atoms with Gasteiger partial charge in [-0.25, -0.2) is 4.79 Å². The lowest BCUT2D eigenvalue weighted by Gasteiger charge is -2.20. The predicted molar refractivity (Wildman–Crippen MR) is 79.5 cm³/mol. The molecule has 0 bridgehead atoms. The number of imidazole rings is 1. The molecule has 3 rings (SSSR count). The Morgan fingerprint density at radius 3 is 2.85 bits per heavy atom. The minimum Gasteiger partial charge on any atom is -0.497 e. The summed E-state index contributed by atoms with van der Waals surface area (Å²) in [4.78, 5) is 17.6. The highest BCUT2D eigenvalue weighted by molar-refractivity contribution is 5.77. The molecule has 2 heterocycles. The molecule has 20 heavy (non-hydrogen) atoms. The summed E-state index contributed by atoms with van der Waals surface area (Å²) in [6.45, 7) is 6.39. The fourth-order valence-corrected chi connectivity index (χ4v) is 3.05. The number of nitrogens with zero attached hydrogens (tertiary/aromatic N) is 2. The molecular formula is C15H21N3O2. The predicted octanol–water partition coefficient (Wildman–Crippen LogP) is 1.99. The number of ether oxygens (including phenoxy) is 1. The van der Waals surface area contributed by atoms with Crippen molar-refractivity contribution in [1.82, 2.24) is 14.5 Å². The Labute approximate surface area is 118 Å². The van der Waals surface area contributed by atoms with Gasteiger partial charge in [0.15, 0.2) is 0 Å². The van der Waals surface area contributed by atoms with Crippen LogP contribution in [0.2, 0.25) is 0 Å². The maximum absolute atomic E-state index is 12.2. The summed E-state index contributed by atoms with van der Waals surface area (Å²) < 4.78 is 7.11. The molecule has 1 unspecified atom stereocenters. The number of H-pyrrole nitrogens is 1. The van der Waals surface area contributed by atoms with Gasteiger partial charge in [0.05, 0.1) is 24.2 Å². The van der Waals surface area contributed by atoms with Crippen LogP contribution in [0.3, 0.4) is 0 Å². The highest BCUT2D eigenvalue weighted by Crippen LogP contribution is 2.26. The van der Waals surface area contributed by atoms with E-state index in [2.05, 4.69) is 23.7 Å². The molecule has 1 N–H and O–H groups in total. The second kappa shape index (κ2) is 4.98. The van der Waals surface area contributed by atoms with Crippen molar-refractivity contribution < 1.29 is 4.74 Å². The van der Waals surface area contributed by atoms with E-state index in [0.717, 1.165) is 36.3 Å². The number of hydrogen-bond donors (Lipinski definition) is 1. The molecule has 2 aromatic rings. The minimum absolute atomic E-state index is 0.0242. The lowest BCUT2D eigenvalue weighted by atomic mass is 10.2. The van der Waals surface area contributed by atoms with Crippen LogP contribution in [0.15, 0.2) is 23.0 Å². The zero-order chi connectivity index (χ0) is 14.3. The second-order valence-corrected chi connectivity index (χ2v) is 5.71. The monoisotopic (exact) mass is 275 g/mol. The number of hydrogen-bond acceptors (Lipinski definition) is 3. The van der Waals surface area contributed by atoms with Gasteiger partial charge in [-0.1, -0.05) is 0 Å². The minimum atomic E-state index is -0.0242. The molecule has 1 aromatic heterocycles. The van der Waals surface area contributed by atoms with E-state index in [9.17, 15) is 4.79 Å². The molecule has 5 nitrogen and oxygen atoms in total. The first-order chi connectivity index (χ1) is 9.60. The number of fused-ring (bicyclic) bond motifs is 1. The third-order valence-electron chi connectivity index (χ3n) is 4.21. The number of aromatic amines is 1. The first kappa shape index (κ1) is 13.2. The lowest BCUT2D eigenvalue weighted by Crippen LogP contribution is -2.30. The van der Waals surface area contributed by atoms with Crippen molar-refractivity contribution in [3.8, 4) is 5.75 Å². The zero-order valence-electron chi connectivity index (χ0n) is 12.2.